The summed E-state index contributed by atoms with van der Waals surface area (Å²) in [5, 5.41) is 0. The van der Waals surface area contributed by atoms with Crippen molar-refractivity contribution < 1.29 is 4.74 Å². The fourth-order valence-electron chi connectivity index (χ4n) is 2.95. The van der Waals surface area contributed by atoms with Gasteiger partial charge in [0, 0.05) is 13.1 Å². The molecule has 1 aliphatic rings. The minimum atomic E-state index is 0.108. The molecule has 112 valence electrons. The van der Waals surface area contributed by atoms with Crippen molar-refractivity contribution in [2.45, 2.75) is 51.7 Å². The van der Waals surface area contributed by atoms with Crippen LogP contribution in [0.4, 0.5) is 5.82 Å². The van der Waals surface area contributed by atoms with Crippen molar-refractivity contribution in [3.63, 3.8) is 0 Å². The largest absolute Gasteiger partial charge is 0.474 e. The van der Waals surface area contributed by atoms with Gasteiger partial charge in [-0.2, -0.15) is 4.98 Å². The Morgan fingerprint density at radius 3 is 2.80 bits per heavy atom. The lowest BCUT2D eigenvalue weighted by molar-refractivity contribution is 0.231. The zero-order valence-electron chi connectivity index (χ0n) is 12.7. The summed E-state index contributed by atoms with van der Waals surface area (Å²) >= 11 is 0. The topological polar surface area (TPSA) is 64.3 Å². The maximum atomic E-state index is 5.92. The first kappa shape index (κ1) is 15.0. The smallest absolute Gasteiger partial charge is 0.234 e. The summed E-state index contributed by atoms with van der Waals surface area (Å²) in [5.74, 6) is 2.00. The second-order valence-corrected chi connectivity index (χ2v) is 5.84. The number of rotatable bonds is 5. The molecule has 5 heteroatoms. The van der Waals surface area contributed by atoms with Crippen LogP contribution in [0.1, 0.15) is 39.5 Å². The third kappa shape index (κ3) is 3.60. The average Bonchev–Trinajstić information content (AvgIpc) is 2.46. The van der Waals surface area contributed by atoms with E-state index in [1.54, 1.807) is 12.4 Å². The maximum Gasteiger partial charge on any atom is 0.234 e. The van der Waals surface area contributed by atoms with Crippen LogP contribution in [-0.4, -0.2) is 35.7 Å². The molecule has 2 rings (SSSR count). The summed E-state index contributed by atoms with van der Waals surface area (Å²) < 4.78 is 5.62. The van der Waals surface area contributed by atoms with Gasteiger partial charge in [-0.1, -0.05) is 12.8 Å². The van der Waals surface area contributed by atoms with E-state index in [1.165, 1.54) is 25.7 Å². The van der Waals surface area contributed by atoms with Gasteiger partial charge in [-0.05, 0) is 39.2 Å². The van der Waals surface area contributed by atoms with E-state index in [1.807, 2.05) is 13.8 Å². The molecule has 0 bridgehead atoms. The minimum absolute atomic E-state index is 0.108. The Morgan fingerprint density at radius 2 is 2.10 bits per heavy atom. The molecule has 2 unspecified atom stereocenters. The molecule has 5 nitrogen and oxygen atoms in total. The SMILES string of the molecule is CC(C)Oc1cncc(N(C)C2CCCCC2CN)n1. The maximum absolute atomic E-state index is 5.92. The van der Waals surface area contributed by atoms with Gasteiger partial charge < -0.3 is 15.4 Å². The van der Waals surface area contributed by atoms with E-state index in [-0.39, 0.29) is 6.10 Å². The van der Waals surface area contributed by atoms with Crippen LogP contribution in [0.5, 0.6) is 5.88 Å². The molecule has 1 aliphatic carbocycles. The summed E-state index contributed by atoms with van der Waals surface area (Å²) in [4.78, 5) is 11.0. The van der Waals surface area contributed by atoms with Crippen LogP contribution < -0.4 is 15.4 Å². The highest BCUT2D eigenvalue weighted by Gasteiger charge is 2.28. The molecule has 0 saturated heterocycles. The van der Waals surface area contributed by atoms with Crippen LogP contribution in [0.2, 0.25) is 0 Å². The summed E-state index contributed by atoms with van der Waals surface area (Å²) in [6.45, 7) is 4.72. The summed E-state index contributed by atoms with van der Waals surface area (Å²) in [7, 11) is 2.09. The zero-order valence-corrected chi connectivity index (χ0v) is 12.7. The van der Waals surface area contributed by atoms with Crippen LogP contribution in [0.15, 0.2) is 12.4 Å². The number of nitrogens with two attached hydrogens (primary N) is 1. The number of anilines is 1. The lowest BCUT2D eigenvalue weighted by Crippen LogP contribution is -2.43. The van der Waals surface area contributed by atoms with Gasteiger partial charge in [0.2, 0.25) is 5.88 Å². The number of hydrogen-bond acceptors (Lipinski definition) is 5. The summed E-state index contributed by atoms with van der Waals surface area (Å²) in [5.41, 5.74) is 5.92. The van der Waals surface area contributed by atoms with Crippen molar-refractivity contribution in [2.24, 2.45) is 11.7 Å². The van der Waals surface area contributed by atoms with Gasteiger partial charge >= 0.3 is 0 Å². The Morgan fingerprint density at radius 1 is 1.35 bits per heavy atom. The fraction of sp³-hybridized carbons (Fsp3) is 0.733. The first-order chi connectivity index (χ1) is 9.61. The molecule has 0 aromatic carbocycles. The van der Waals surface area contributed by atoms with Crippen molar-refractivity contribution in [1.29, 1.82) is 0 Å². The van der Waals surface area contributed by atoms with E-state index < -0.39 is 0 Å². The molecule has 20 heavy (non-hydrogen) atoms. The van der Waals surface area contributed by atoms with Crippen molar-refractivity contribution in [3.8, 4) is 5.88 Å². The molecule has 0 radical (unpaired) electrons. The number of aromatic nitrogens is 2. The van der Waals surface area contributed by atoms with Gasteiger partial charge in [0.05, 0.1) is 18.5 Å². The fourth-order valence-corrected chi connectivity index (χ4v) is 2.95. The standard InChI is InChI=1S/C15H26N4O/c1-11(2)20-15-10-17-9-14(18-15)19(3)13-7-5-4-6-12(13)8-16/h9-13H,4-8,16H2,1-3H3. The van der Waals surface area contributed by atoms with Crippen molar-refractivity contribution in [3.05, 3.63) is 12.4 Å². The second kappa shape index (κ2) is 6.88. The van der Waals surface area contributed by atoms with Crippen molar-refractivity contribution in [2.75, 3.05) is 18.5 Å². The first-order valence-electron chi connectivity index (χ1n) is 7.53. The third-order valence-corrected chi connectivity index (χ3v) is 3.99. The predicted octanol–water partition coefficient (Wildman–Crippen LogP) is 2.22. The van der Waals surface area contributed by atoms with E-state index in [9.17, 15) is 0 Å². The number of nitrogens with zero attached hydrogens (tertiary/aromatic N) is 3. The third-order valence-electron chi connectivity index (χ3n) is 3.99. The van der Waals surface area contributed by atoms with Crippen LogP contribution in [-0.2, 0) is 0 Å². The first-order valence-corrected chi connectivity index (χ1v) is 7.53. The van der Waals surface area contributed by atoms with Gasteiger partial charge in [-0.3, -0.25) is 4.98 Å². The average molecular weight is 278 g/mol. The van der Waals surface area contributed by atoms with Gasteiger partial charge in [0.15, 0.2) is 5.82 Å². The van der Waals surface area contributed by atoms with Crippen LogP contribution in [0.25, 0.3) is 0 Å². The van der Waals surface area contributed by atoms with E-state index >= 15 is 0 Å². The zero-order chi connectivity index (χ0) is 14.5. The Hall–Kier alpha value is -1.36. The molecular weight excluding hydrogens is 252 g/mol. The summed E-state index contributed by atoms with van der Waals surface area (Å²) in [6.07, 6.45) is 8.51. The van der Waals surface area contributed by atoms with Gasteiger partial charge in [0.25, 0.3) is 0 Å². The van der Waals surface area contributed by atoms with E-state index in [0.717, 1.165) is 12.4 Å². The molecule has 1 aromatic rings. The lowest BCUT2D eigenvalue weighted by atomic mass is 9.84. The number of hydrogen-bond donors (Lipinski definition) is 1. The predicted molar refractivity (Wildman–Crippen MR) is 81.0 cm³/mol. The molecule has 2 atom stereocenters. The van der Waals surface area contributed by atoms with E-state index in [0.29, 0.717) is 17.8 Å². The second-order valence-electron chi connectivity index (χ2n) is 5.84. The van der Waals surface area contributed by atoms with Crippen LogP contribution in [0.3, 0.4) is 0 Å². The highest BCUT2D eigenvalue weighted by molar-refractivity contribution is 5.38. The number of ether oxygens (including phenoxy) is 1. The molecular formula is C15H26N4O. The Kier molecular flexibility index (Phi) is 5.17. The molecule has 0 spiro atoms. The monoisotopic (exact) mass is 278 g/mol. The Bertz CT molecular complexity index is 424. The van der Waals surface area contributed by atoms with Crippen molar-refractivity contribution in [1.82, 2.24) is 9.97 Å². The van der Waals surface area contributed by atoms with E-state index in [2.05, 4.69) is 21.9 Å². The van der Waals surface area contributed by atoms with Crippen molar-refractivity contribution >= 4 is 5.82 Å². The van der Waals surface area contributed by atoms with Crippen LogP contribution in [0, 0.1) is 5.92 Å². The summed E-state index contributed by atoms with van der Waals surface area (Å²) in [6, 6.07) is 0.456. The highest BCUT2D eigenvalue weighted by Crippen LogP contribution is 2.29. The molecule has 0 amide bonds. The van der Waals surface area contributed by atoms with Gasteiger partial charge in [0.1, 0.15) is 0 Å². The normalized spacial score (nSPS) is 22.9. The van der Waals surface area contributed by atoms with E-state index in [4.69, 9.17) is 10.5 Å². The molecule has 1 heterocycles. The quantitative estimate of drug-likeness (QED) is 0.894. The van der Waals surface area contributed by atoms with Gasteiger partial charge in [-0.25, -0.2) is 0 Å². The van der Waals surface area contributed by atoms with Crippen LogP contribution >= 0.6 is 0 Å². The molecule has 2 N–H and O–H groups in total. The molecule has 1 aromatic heterocycles. The Labute approximate surface area is 121 Å². The Balaban J connectivity index is 2.12. The van der Waals surface area contributed by atoms with Gasteiger partial charge in [-0.15, -0.1) is 0 Å². The minimum Gasteiger partial charge on any atom is -0.474 e. The molecule has 1 saturated carbocycles. The molecule has 1 fully saturated rings. The lowest BCUT2D eigenvalue weighted by Gasteiger charge is -2.38. The molecule has 0 aliphatic heterocycles. The highest BCUT2D eigenvalue weighted by atomic mass is 16.5.